The zero-order valence-corrected chi connectivity index (χ0v) is 13.8. The lowest BCUT2D eigenvalue weighted by molar-refractivity contribution is 0.456. The minimum atomic E-state index is 0.681. The lowest BCUT2D eigenvalue weighted by atomic mass is 9.89. The van der Waals surface area contributed by atoms with Gasteiger partial charge in [0.1, 0.15) is 0 Å². The molecule has 0 atom stereocenters. The first-order chi connectivity index (χ1) is 10.2. The van der Waals surface area contributed by atoms with Crippen LogP contribution in [-0.2, 0) is 0 Å². The normalized spacial score (nSPS) is 16.1. The third kappa shape index (κ3) is 3.82. The van der Waals surface area contributed by atoms with Crippen molar-refractivity contribution in [3.05, 3.63) is 58.6 Å². The molecule has 1 aliphatic rings. The minimum absolute atomic E-state index is 0.681. The van der Waals surface area contributed by atoms with Crippen molar-refractivity contribution in [1.29, 1.82) is 0 Å². The van der Waals surface area contributed by atoms with Crippen molar-refractivity contribution in [3.63, 3.8) is 0 Å². The fourth-order valence-electron chi connectivity index (χ4n) is 2.84. The van der Waals surface area contributed by atoms with Gasteiger partial charge in [-0.3, -0.25) is 0 Å². The average Bonchev–Trinajstić information content (AvgIpc) is 2.52. The fraction of sp³-hybridized carbons (Fsp3) is 0.333. The average molecular weight is 318 g/mol. The zero-order chi connectivity index (χ0) is 14.7. The molecule has 1 N–H and O–H groups in total. The van der Waals surface area contributed by atoms with Gasteiger partial charge in [-0.2, -0.15) is 0 Å². The third-order valence-corrected chi connectivity index (χ3v) is 5.34. The summed E-state index contributed by atoms with van der Waals surface area (Å²) in [5.41, 5.74) is 2.86. The predicted molar refractivity (Wildman–Crippen MR) is 91.6 cm³/mol. The van der Waals surface area contributed by atoms with Crippen LogP contribution >= 0.6 is 23.4 Å². The van der Waals surface area contributed by atoms with E-state index >= 15 is 0 Å². The van der Waals surface area contributed by atoms with Crippen molar-refractivity contribution in [2.75, 3.05) is 13.1 Å². The van der Waals surface area contributed by atoms with Gasteiger partial charge in [0.15, 0.2) is 0 Å². The Kier molecular flexibility index (Phi) is 4.89. The van der Waals surface area contributed by atoms with E-state index in [0.717, 1.165) is 18.1 Å². The maximum absolute atomic E-state index is 5.97. The summed E-state index contributed by atoms with van der Waals surface area (Å²) >= 11 is 7.82. The van der Waals surface area contributed by atoms with Crippen molar-refractivity contribution in [2.45, 2.75) is 35.5 Å². The highest BCUT2D eigenvalue weighted by atomic mass is 35.5. The molecule has 0 saturated carbocycles. The van der Waals surface area contributed by atoms with E-state index in [2.05, 4.69) is 42.6 Å². The van der Waals surface area contributed by atoms with Crippen molar-refractivity contribution in [3.8, 4) is 0 Å². The first-order valence-corrected chi connectivity index (χ1v) is 8.66. The number of piperidine rings is 1. The molecule has 1 heterocycles. The monoisotopic (exact) mass is 317 g/mol. The quantitative estimate of drug-likeness (QED) is 0.828. The smallest absolute Gasteiger partial charge is 0.0406 e. The number of halogens is 1. The highest BCUT2D eigenvalue weighted by Crippen LogP contribution is 2.37. The lowest BCUT2D eigenvalue weighted by Crippen LogP contribution is -2.26. The van der Waals surface area contributed by atoms with Gasteiger partial charge in [0.2, 0.25) is 0 Å². The van der Waals surface area contributed by atoms with E-state index in [-0.39, 0.29) is 0 Å². The first kappa shape index (κ1) is 15.0. The van der Waals surface area contributed by atoms with Crippen molar-refractivity contribution in [1.82, 2.24) is 5.32 Å². The molecule has 1 saturated heterocycles. The second-order valence-corrected chi connectivity index (χ2v) is 7.17. The van der Waals surface area contributed by atoms with Crippen LogP contribution in [0.4, 0.5) is 0 Å². The van der Waals surface area contributed by atoms with Gasteiger partial charge in [-0.25, -0.2) is 0 Å². The highest BCUT2D eigenvalue weighted by molar-refractivity contribution is 7.99. The Labute approximate surface area is 136 Å². The van der Waals surface area contributed by atoms with Gasteiger partial charge in [0.25, 0.3) is 0 Å². The van der Waals surface area contributed by atoms with Gasteiger partial charge >= 0.3 is 0 Å². The summed E-state index contributed by atoms with van der Waals surface area (Å²) in [7, 11) is 0. The van der Waals surface area contributed by atoms with Crippen LogP contribution in [0.25, 0.3) is 0 Å². The molecule has 1 aliphatic heterocycles. The second kappa shape index (κ2) is 6.87. The van der Waals surface area contributed by atoms with E-state index in [1.54, 1.807) is 0 Å². The molecular formula is C18H20ClNS. The summed E-state index contributed by atoms with van der Waals surface area (Å²) in [5.74, 6) is 0.681. The van der Waals surface area contributed by atoms with Gasteiger partial charge in [-0.1, -0.05) is 41.1 Å². The van der Waals surface area contributed by atoms with Gasteiger partial charge < -0.3 is 5.32 Å². The third-order valence-electron chi connectivity index (χ3n) is 3.99. The number of hydrogen-bond donors (Lipinski definition) is 1. The molecule has 0 aromatic heterocycles. The number of benzene rings is 2. The Morgan fingerprint density at radius 2 is 1.76 bits per heavy atom. The Balaban J connectivity index is 1.88. The highest BCUT2D eigenvalue weighted by Gasteiger charge is 2.18. The maximum Gasteiger partial charge on any atom is 0.0406 e. The van der Waals surface area contributed by atoms with Crippen molar-refractivity contribution in [2.24, 2.45) is 0 Å². The molecule has 0 radical (unpaired) electrons. The number of hydrogen-bond acceptors (Lipinski definition) is 2. The zero-order valence-electron chi connectivity index (χ0n) is 12.2. The van der Waals surface area contributed by atoms with Gasteiger partial charge in [-0.05, 0) is 74.7 Å². The molecule has 1 nitrogen and oxygen atoms in total. The fourth-order valence-corrected chi connectivity index (χ4v) is 3.97. The molecule has 21 heavy (non-hydrogen) atoms. The van der Waals surface area contributed by atoms with E-state index in [9.17, 15) is 0 Å². The van der Waals surface area contributed by atoms with Crippen LogP contribution in [0.3, 0.4) is 0 Å². The Bertz CT molecular complexity index is 603. The van der Waals surface area contributed by atoms with Gasteiger partial charge in [0.05, 0.1) is 0 Å². The molecule has 2 aromatic rings. The van der Waals surface area contributed by atoms with E-state index < -0.39 is 0 Å². The van der Waals surface area contributed by atoms with Crippen LogP contribution in [0, 0.1) is 6.92 Å². The van der Waals surface area contributed by atoms with Crippen LogP contribution in [0.1, 0.15) is 29.9 Å². The summed E-state index contributed by atoms with van der Waals surface area (Å²) < 4.78 is 0. The largest absolute Gasteiger partial charge is 0.317 e. The molecule has 2 aromatic carbocycles. The van der Waals surface area contributed by atoms with Crippen LogP contribution in [0.15, 0.2) is 52.3 Å². The Hall–Kier alpha value is -0.960. The summed E-state index contributed by atoms with van der Waals surface area (Å²) in [4.78, 5) is 2.63. The SMILES string of the molecule is Cc1ccc(Sc2ccc(Cl)cc2)c(C2CCNCC2)c1. The van der Waals surface area contributed by atoms with Gasteiger partial charge in [0, 0.05) is 14.8 Å². The number of nitrogens with one attached hydrogen (secondary N) is 1. The summed E-state index contributed by atoms with van der Waals surface area (Å²) in [6, 6.07) is 15.0. The lowest BCUT2D eigenvalue weighted by Gasteiger charge is -2.25. The Morgan fingerprint density at radius 3 is 2.48 bits per heavy atom. The van der Waals surface area contributed by atoms with Crippen molar-refractivity contribution >= 4 is 23.4 Å². The molecular weight excluding hydrogens is 298 g/mol. The van der Waals surface area contributed by atoms with Crippen LogP contribution < -0.4 is 5.32 Å². The van der Waals surface area contributed by atoms with Gasteiger partial charge in [-0.15, -0.1) is 0 Å². The standard InChI is InChI=1S/C18H20ClNS/c1-13-2-7-18(21-16-5-3-15(19)4-6-16)17(12-13)14-8-10-20-11-9-14/h2-7,12,14,20H,8-11H2,1H3. The predicted octanol–water partition coefficient (Wildman–Crippen LogP) is 5.27. The molecule has 3 rings (SSSR count). The minimum Gasteiger partial charge on any atom is -0.317 e. The first-order valence-electron chi connectivity index (χ1n) is 7.47. The van der Waals surface area contributed by atoms with Crippen LogP contribution in [0.2, 0.25) is 5.02 Å². The van der Waals surface area contributed by atoms with E-state index in [1.165, 1.54) is 33.8 Å². The molecule has 110 valence electrons. The van der Waals surface area contributed by atoms with Crippen molar-refractivity contribution < 1.29 is 0 Å². The van der Waals surface area contributed by atoms with E-state index in [1.807, 2.05) is 23.9 Å². The molecule has 3 heteroatoms. The molecule has 0 aliphatic carbocycles. The maximum atomic E-state index is 5.97. The summed E-state index contributed by atoms with van der Waals surface area (Å²) in [6.07, 6.45) is 2.47. The second-order valence-electron chi connectivity index (χ2n) is 5.62. The molecule has 0 unspecified atom stereocenters. The van der Waals surface area contributed by atoms with E-state index in [0.29, 0.717) is 5.92 Å². The van der Waals surface area contributed by atoms with Crippen LogP contribution in [-0.4, -0.2) is 13.1 Å². The molecule has 0 bridgehead atoms. The Morgan fingerprint density at radius 1 is 1.05 bits per heavy atom. The van der Waals surface area contributed by atoms with E-state index in [4.69, 9.17) is 11.6 Å². The topological polar surface area (TPSA) is 12.0 Å². The number of rotatable bonds is 3. The molecule has 0 amide bonds. The molecule has 0 spiro atoms. The summed E-state index contributed by atoms with van der Waals surface area (Å²) in [5, 5.41) is 4.25. The number of aryl methyl sites for hydroxylation is 1. The van der Waals surface area contributed by atoms with Crippen LogP contribution in [0.5, 0.6) is 0 Å². The summed E-state index contributed by atoms with van der Waals surface area (Å²) in [6.45, 7) is 4.44. The molecule has 1 fully saturated rings.